The molecule has 1 N–H and O–H groups in total. The molecule has 1 aliphatic heterocycles. The summed E-state index contributed by atoms with van der Waals surface area (Å²) in [6, 6.07) is 14.4. The first-order valence-electron chi connectivity index (χ1n) is 11.6. The van der Waals surface area contributed by atoms with Crippen LogP contribution >= 0.6 is 0 Å². The van der Waals surface area contributed by atoms with Gasteiger partial charge in [0.25, 0.3) is 6.29 Å². The molecule has 6 atom stereocenters. The number of hydrogen-bond acceptors (Lipinski definition) is 7. The molecule has 7 nitrogen and oxygen atoms in total. The van der Waals surface area contributed by atoms with Crippen LogP contribution in [0.5, 0.6) is 0 Å². The molecular weight excluding hydrogens is 453 g/mol. The molecule has 0 saturated carbocycles. The quantitative estimate of drug-likeness (QED) is 0.302. The molecule has 0 bridgehead atoms. The zero-order chi connectivity index (χ0) is 25.4. The SMILES string of the molecule is CCO[C@@H]1[C@@H](OC)[C@H](C)O[C@@H](O/N=C/c2ccc(/C=C/c3ccc(C(C)(O)F)cc3)cc2)[C@@H]1OC. The van der Waals surface area contributed by atoms with Gasteiger partial charge in [-0.05, 0) is 37.5 Å². The summed E-state index contributed by atoms with van der Waals surface area (Å²) in [7, 11) is 3.20. The standard InChI is InChI=1S/C27H34FNO6/c1-6-33-24-23(31-4)18(2)34-26(25(24)32-5)35-29-17-21-11-9-19(10-12-21)7-8-20-13-15-22(16-14-20)27(3,28)30/h7-18,23-26,30H,6H2,1-5H3/b8-7+,29-17+/t18-,23-,24+,25+,26-,27?/m0/s1. The third-order valence-corrected chi connectivity index (χ3v) is 5.84. The van der Waals surface area contributed by atoms with Crippen molar-refractivity contribution in [2.45, 2.75) is 57.3 Å². The molecule has 8 heteroatoms. The predicted molar refractivity (Wildman–Crippen MR) is 133 cm³/mol. The monoisotopic (exact) mass is 487 g/mol. The average Bonchev–Trinajstić information content (AvgIpc) is 2.83. The first-order chi connectivity index (χ1) is 16.8. The van der Waals surface area contributed by atoms with E-state index < -0.39 is 18.2 Å². The van der Waals surface area contributed by atoms with Gasteiger partial charge in [0.2, 0.25) is 5.85 Å². The third-order valence-electron chi connectivity index (χ3n) is 5.84. The molecule has 0 aromatic heterocycles. The van der Waals surface area contributed by atoms with Crippen molar-refractivity contribution in [3.8, 4) is 0 Å². The number of aliphatic hydroxyl groups is 1. The molecule has 1 fully saturated rings. The summed E-state index contributed by atoms with van der Waals surface area (Å²) in [5.41, 5.74) is 2.95. The number of methoxy groups -OCH3 is 2. The van der Waals surface area contributed by atoms with Gasteiger partial charge in [-0.25, -0.2) is 4.39 Å². The van der Waals surface area contributed by atoms with Crippen LogP contribution < -0.4 is 0 Å². The fourth-order valence-electron chi connectivity index (χ4n) is 3.95. The van der Waals surface area contributed by atoms with Crippen molar-refractivity contribution in [2.24, 2.45) is 5.16 Å². The van der Waals surface area contributed by atoms with Crippen LogP contribution in [-0.2, 0) is 29.6 Å². The highest BCUT2D eigenvalue weighted by Gasteiger charge is 2.47. The number of benzene rings is 2. The number of ether oxygens (including phenoxy) is 4. The van der Waals surface area contributed by atoms with Gasteiger partial charge in [0.1, 0.15) is 12.2 Å². The predicted octanol–water partition coefficient (Wildman–Crippen LogP) is 4.52. The second-order valence-corrected chi connectivity index (χ2v) is 8.45. The highest BCUT2D eigenvalue weighted by Crippen LogP contribution is 2.28. The van der Waals surface area contributed by atoms with Crippen LogP contribution in [0.3, 0.4) is 0 Å². The first kappa shape index (κ1) is 27.0. The Morgan fingerprint density at radius 3 is 2.00 bits per heavy atom. The number of halogens is 1. The van der Waals surface area contributed by atoms with Crippen LogP contribution in [0.25, 0.3) is 12.2 Å². The van der Waals surface area contributed by atoms with E-state index in [0.717, 1.165) is 23.6 Å². The molecule has 0 aliphatic carbocycles. The highest BCUT2D eigenvalue weighted by atomic mass is 19.2. The van der Waals surface area contributed by atoms with E-state index in [-0.39, 0.29) is 23.9 Å². The molecule has 0 amide bonds. The maximum atomic E-state index is 13.6. The maximum absolute atomic E-state index is 13.6. The van der Waals surface area contributed by atoms with E-state index in [9.17, 15) is 9.50 Å². The van der Waals surface area contributed by atoms with Crippen LogP contribution in [-0.4, -0.2) is 62.9 Å². The van der Waals surface area contributed by atoms with E-state index in [1.807, 2.05) is 50.3 Å². The minimum atomic E-state index is -2.34. The topological polar surface area (TPSA) is 78.7 Å². The summed E-state index contributed by atoms with van der Waals surface area (Å²) in [6.07, 6.45) is 3.36. The normalized spacial score (nSPS) is 26.8. The first-order valence-corrected chi connectivity index (χ1v) is 11.6. The second kappa shape index (κ2) is 12.4. The van der Waals surface area contributed by atoms with Crippen LogP contribution in [0.2, 0.25) is 0 Å². The van der Waals surface area contributed by atoms with Crippen LogP contribution in [0.15, 0.2) is 53.7 Å². The lowest BCUT2D eigenvalue weighted by molar-refractivity contribution is -0.308. The Labute approximate surface area is 206 Å². The Hall–Kier alpha value is -2.62. The fraction of sp³-hybridized carbons (Fsp3) is 0.444. The van der Waals surface area contributed by atoms with Gasteiger partial charge in [-0.3, -0.25) is 0 Å². The molecule has 3 rings (SSSR count). The number of alkyl halides is 1. The fourth-order valence-corrected chi connectivity index (χ4v) is 3.95. The van der Waals surface area contributed by atoms with Crippen LogP contribution in [0.4, 0.5) is 4.39 Å². The van der Waals surface area contributed by atoms with Crippen molar-refractivity contribution in [2.75, 3.05) is 20.8 Å². The lowest BCUT2D eigenvalue weighted by atomic mass is 9.99. The molecule has 190 valence electrons. The Morgan fingerprint density at radius 1 is 0.943 bits per heavy atom. The maximum Gasteiger partial charge on any atom is 0.256 e. The number of rotatable bonds is 10. The molecule has 2 aromatic carbocycles. The largest absolute Gasteiger partial charge is 0.376 e. The van der Waals surface area contributed by atoms with Gasteiger partial charge < -0.3 is 28.9 Å². The van der Waals surface area contributed by atoms with Gasteiger partial charge in [-0.2, -0.15) is 0 Å². The molecule has 0 radical (unpaired) electrons. The van der Waals surface area contributed by atoms with Crippen LogP contribution in [0.1, 0.15) is 43.0 Å². The van der Waals surface area contributed by atoms with Crippen molar-refractivity contribution < 1.29 is 33.3 Å². The Kier molecular flexibility index (Phi) is 9.54. The molecule has 1 unspecified atom stereocenters. The average molecular weight is 488 g/mol. The lowest BCUT2D eigenvalue weighted by Crippen LogP contribution is -2.59. The highest BCUT2D eigenvalue weighted by molar-refractivity contribution is 5.80. The Morgan fingerprint density at radius 2 is 1.49 bits per heavy atom. The van der Waals surface area contributed by atoms with Gasteiger partial charge in [0.05, 0.1) is 12.3 Å². The molecular formula is C27H34FNO6. The van der Waals surface area contributed by atoms with E-state index in [1.54, 1.807) is 44.7 Å². The van der Waals surface area contributed by atoms with Gasteiger partial charge in [0.15, 0.2) is 6.10 Å². The molecule has 1 aliphatic rings. The number of nitrogens with zero attached hydrogens (tertiary/aromatic N) is 1. The van der Waals surface area contributed by atoms with Crippen molar-refractivity contribution >= 4 is 18.4 Å². The van der Waals surface area contributed by atoms with E-state index in [0.29, 0.717) is 6.61 Å². The Bertz CT molecular complexity index is 971. The summed E-state index contributed by atoms with van der Waals surface area (Å²) >= 11 is 0. The van der Waals surface area contributed by atoms with Crippen molar-refractivity contribution in [3.05, 3.63) is 70.8 Å². The summed E-state index contributed by atoms with van der Waals surface area (Å²) in [5.74, 6) is -2.34. The van der Waals surface area contributed by atoms with Crippen LogP contribution in [0, 0.1) is 0 Å². The smallest absolute Gasteiger partial charge is 0.256 e. The van der Waals surface area contributed by atoms with E-state index in [1.165, 1.54) is 0 Å². The van der Waals surface area contributed by atoms with Gasteiger partial charge in [0, 0.05) is 26.4 Å². The third kappa shape index (κ3) is 7.19. The van der Waals surface area contributed by atoms with Gasteiger partial charge >= 0.3 is 0 Å². The van der Waals surface area contributed by atoms with E-state index in [2.05, 4.69) is 5.16 Å². The summed E-state index contributed by atoms with van der Waals surface area (Å²) in [5, 5.41) is 13.5. The van der Waals surface area contributed by atoms with E-state index >= 15 is 0 Å². The molecule has 2 aromatic rings. The number of hydrogen-bond donors (Lipinski definition) is 1. The summed E-state index contributed by atoms with van der Waals surface area (Å²) < 4.78 is 36.5. The van der Waals surface area contributed by atoms with Crippen molar-refractivity contribution in [1.82, 2.24) is 0 Å². The summed E-state index contributed by atoms with van der Waals surface area (Å²) in [4.78, 5) is 5.63. The molecule has 35 heavy (non-hydrogen) atoms. The minimum absolute atomic E-state index is 0.220. The van der Waals surface area contributed by atoms with Crippen molar-refractivity contribution in [3.63, 3.8) is 0 Å². The Balaban J connectivity index is 1.59. The second-order valence-electron chi connectivity index (χ2n) is 8.45. The summed E-state index contributed by atoms with van der Waals surface area (Å²) in [6.45, 7) is 5.44. The molecule has 0 spiro atoms. The zero-order valence-electron chi connectivity index (χ0n) is 20.8. The van der Waals surface area contributed by atoms with Crippen molar-refractivity contribution in [1.29, 1.82) is 0 Å². The van der Waals surface area contributed by atoms with Gasteiger partial charge in [-0.1, -0.05) is 65.8 Å². The van der Waals surface area contributed by atoms with Gasteiger partial charge in [-0.15, -0.1) is 0 Å². The molecule has 1 heterocycles. The lowest BCUT2D eigenvalue weighted by Gasteiger charge is -2.42. The van der Waals surface area contributed by atoms with E-state index in [4.69, 9.17) is 23.8 Å². The molecule has 1 saturated heterocycles. The number of oxime groups is 1. The zero-order valence-corrected chi connectivity index (χ0v) is 20.8. The minimum Gasteiger partial charge on any atom is -0.376 e.